The minimum absolute atomic E-state index is 0.244. The number of rotatable bonds is 6. The van der Waals surface area contributed by atoms with E-state index in [1.807, 2.05) is 30.3 Å². The number of fused-ring (bicyclic) bond motifs is 1. The molecule has 4 aromatic rings. The smallest absolute Gasteiger partial charge is 0.257 e. The number of hydrogen-bond acceptors (Lipinski definition) is 4. The van der Waals surface area contributed by atoms with Gasteiger partial charge in [0, 0.05) is 30.5 Å². The highest BCUT2D eigenvalue weighted by Gasteiger charge is 2.10. The fourth-order valence-corrected chi connectivity index (χ4v) is 3.06. The van der Waals surface area contributed by atoms with Crippen molar-refractivity contribution in [2.75, 3.05) is 17.2 Å². The van der Waals surface area contributed by atoms with E-state index < -0.39 is 0 Å². The molecule has 0 bridgehead atoms. The number of carbonyl (C=O) groups excluding carboxylic acids is 1. The fourth-order valence-electron chi connectivity index (χ4n) is 3.06. The number of nitrogens with one attached hydrogen (secondary N) is 2. The van der Waals surface area contributed by atoms with Gasteiger partial charge in [-0.2, -0.15) is 0 Å². The standard InChI is InChI=1S/C23H19FN4O/c24-19-8-6-16(7-9-19)10-12-26-20-13-18(14-25-15-20)23(29)28-21-5-1-3-17-4-2-11-27-22(17)21/h1-9,11,13-15,26H,10,12H2,(H,28,29). The molecule has 0 atom stereocenters. The third-order valence-corrected chi connectivity index (χ3v) is 4.54. The van der Waals surface area contributed by atoms with Gasteiger partial charge in [0.05, 0.1) is 22.5 Å². The van der Waals surface area contributed by atoms with Crippen molar-refractivity contribution < 1.29 is 9.18 Å². The predicted octanol–water partition coefficient (Wildman–Crippen LogP) is 4.68. The minimum atomic E-state index is -0.252. The second-order valence-corrected chi connectivity index (χ2v) is 6.60. The Hall–Kier alpha value is -3.80. The summed E-state index contributed by atoms with van der Waals surface area (Å²) < 4.78 is 13.0. The van der Waals surface area contributed by atoms with Gasteiger partial charge in [0.25, 0.3) is 5.91 Å². The summed E-state index contributed by atoms with van der Waals surface area (Å²) in [6.07, 6.45) is 5.63. The molecule has 2 aromatic carbocycles. The van der Waals surface area contributed by atoms with Gasteiger partial charge >= 0.3 is 0 Å². The molecule has 0 radical (unpaired) electrons. The molecule has 5 nitrogen and oxygen atoms in total. The maximum atomic E-state index is 13.0. The molecule has 4 rings (SSSR count). The summed E-state index contributed by atoms with van der Waals surface area (Å²) in [6.45, 7) is 0.644. The van der Waals surface area contributed by atoms with Crippen LogP contribution in [0.15, 0.2) is 79.3 Å². The first kappa shape index (κ1) is 18.6. The molecule has 0 aliphatic heterocycles. The number of para-hydroxylation sites is 1. The maximum absolute atomic E-state index is 13.0. The van der Waals surface area contributed by atoms with Crippen LogP contribution in [-0.4, -0.2) is 22.4 Å². The lowest BCUT2D eigenvalue weighted by Crippen LogP contribution is -2.13. The monoisotopic (exact) mass is 386 g/mol. The first-order chi connectivity index (χ1) is 14.2. The molecular formula is C23H19FN4O. The van der Waals surface area contributed by atoms with Gasteiger partial charge in [-0.25, -0.2) is 4.39 Å². The molecule has 144 valence electrons. The summed E-state index contributed by atoms with van der Waals surface area (Å²) in [5.74, 6) is -0.496. The summed E-state index contributed by atoms with van der Waals surface area (Å²) in [4.78, 5) is 21.2. The molecule has 2 heterocycles. The Balaban J connectivity index is 1.42. The van der Waals surface area contributed by atoms with Crippen LogP contribution in [0.1, 0.15) is 15.9 Å². The highest BCUT2D eigenvalue weighted by atomic mass is 19.1. The molecule has 6 heteroatoms. The third-order valence-electron chi connectivity index (χ3n) is 4.54. The Bertz CT molecular complexity index is 1140. The highest BCUT2D eigenvalue weighted by Crippen LogP contribution is 2.21. The maximum Gasteiger partial charge on any atom is 0.257 e. The van der Waals surface area contributed by atoms with Crippen molar-refractivity contribution in [2.24, 2.45) is 0 Å². The van der Waals surface area contributed by atoms with E-state index in [2.05, 4.69) is 20.6 Å². The van der Waals surface area contributed by atoms with Gasteiger partial charge in [-0.05, 0) is 42.3 Å². The molecule has 29 heavy (non-hydrogen) atoms. The number of hydrogen-bond donors (Lipinski definition) is 2. The van der Waals surface area contributed by atoms with Gasteiger partial charge in [0.1, 0.15) is 5.82 Å². The SMILES string of the molecule is O=C(Nc1cccc2cccnc12)c1cncc(NCCc2ccc(F)cc2)c1. The first-order valence-corrected chi connectivity index (χ1v) is 9.27. The number of pyridine rings is 2. The van der Waals surface area contributed by atoms with Crippen LogP contribution in [0.25, 0.3) is 10.9 Å². The predicted molar refractivity (Wildman–Crippen MR) is 113 cm³/mol. The Labute approximate surface area is 167 Å². The van der Waals surface area contributed by atoms with Crippen LogP contribution in [-0.2, 0) is 6.42 Å². The molecule has 0 spiro atoms. The number of benzene rings is 2. The van der Waals surface area contributed by atoms with E-state index in [4.69, 9.17) is 0 Å². The van der Waals surface area contributed by atoms with E-state index in [9.17, 15) is 9.18 Å². The van der Waals surface area contributed by atoms with E-state index in [1.165, 1.54) is 18.3 Å². The Morgan fingerprint density at radius 3 is 2.69 bits per heavy atom. The zero-order chi connectivity index (χ0) is 20.1. The Morgan fingerprint density at radius 2 is 1.83 bits per heavy atom. The minimum Gasteiger partial charge on any atom is -0.383 e. The summed E-state index contributed by atoms with van der Waals surface area (Å²) in [7, 11) is 0. The molecule has 1 amide bonds. The van der Waals surface area contributed by atoms with Gasteiger partial charge in [-0.3, -0.25) is 14.8 Å². The van der Waals surface area contributed by atoms with E-state index in [1.54, 1.807) is 30.6 Å². The zero-order valence-electron chi connectivity index (χ0n) is 15.6. The fraction of sp³-hybridized carbons (Fsp3) is 0.0870. The van der Waals surface area contributed by atoms with Crippen molar-refractivity contribution in [3.05, 3.63) is 96.2 Å². The molecule has 0 aliphatic rings. The lowest BCUT2D eigenvalue weighted by Gasteiger charge is -2.10. The van der Waals surface area contributed by atoms with Crippen molar-refractivity contribution in [2.45, 2.75) is 6.42 Å². The summed E-state index contributed by atoms with van der Waals surface area (Å²) in [5, 5.41) is 7.12. The van der Waals surface area contributed by atoms with Crippen LogP contribution in [0.2, 0.25) is 0 Å². The number of anilines is 2. The molecule has 2 aromatic heterocycles. The van der Waals surface area contributed by atoms with Gasteiger partial charge in [-0.15, -0.1) is 0 Å². The van der Waals surface area contributed by atoms with Crippen LogP contribution in [0, 0.1) is 5.82 Å². The molecule has 0 saturated carbocycles. The van der Waals surface area contributed by atoms with E-state index >= 15 is 0 Å². The normalized spacial score (nSPS) is 10.7. The van der Waals surface area contributed by atoms with Crippen LogP contribution in [0.5, 0.6) is 0 Å². The first-order valence-electron chi connectivity index (χ1n) is 9.27. The highest BCUT2D eigenvalue weighted by molar-refractivity contribution is 6.08. The average molecular weight is 386 g/mol. The van der Waals surface area contributed by atoms with Crippen LogP contribution in [0.4, 0.5) is 15.8 Å². The van der Waals surface area contributed by atoms with Crippen LogP contribution in [0.3, 0.4) is 0 Å². The summed E-state index contributed by atoms with van der Waals surface area (Å²) in [6, 6.07) is 17.6. The van der Waals surface area contributed by atoms with Crippen molar-refractivity contribution >= 4 is 28.2 Å². The van der Waals surface area contributed by atoms with E-state index in [-0.39, 0.29) is 11.7 Å². The number of aromatic nitrogens is 2. The zero-order valence-corrected chi connectivity index (χ0v) is 15.6. The van der Waals surface area contributed by atoms with E-state index in [0.29, 0.717) is 17.8 Å². The van der Waals surface area contributed by atoms with Gasteiger partial charge in [0.15, 0.2) is 0 Å². The number of nitrogens with zero attached hydrogens (tertiary/aromatic N) is 2. The second kappa shape index (κ2) is 8.48. The van der Waals surface area contributed by atoms with Crippen molar-refractivity contribution in [1.29, 1.82) is 0 Å². The molecular weight excluding hydrogens is 367 g/mol. The van der Waals surface area contributed by atoms with Gasteiger partial charge < -0.3 is 10.6 Å². The van der Waals surface area contributed by atoms with E-state index in [0.717, 1.165) is 28.6 Å². The molecule has 0 unspecified atom stereocenters. The number of halogens is 1. The lowest BCUT2D eigenvalue weighted by molar-refractivity contribution is 0.102. The average Bonchev–Trinajstić information content (AvgIpc) is 2.76. The number of carbonyl (C=O) groups is 1. The lowest BCUT2D eigenvalue weighted by atomic mass is 10.1. The molecule has 0 aliphatic carbocycles. The van der Waals surface area contributed by atoms with Crippen molar-refractivity contribution in [3.63, 3.8) is 0 Å². The Morgan fingerprint density at radius 1 is 1.00 bits per heavy atom. The third kappa shape index (κ3) is 4.55. The van der Waals surface area contributed by atoms with Gasteiger partial charge in [-0.1, -0.05) is 30.3 Å². The summed E-state index contributed by atoms with van der Waals surface area (Å²) >= 11 is 0. The van der Waals surface area contributed by atoms with Crippen molar-refractivity contribution in [1.82, 2.24) is 9.97 Å². The van der Waals surface area contributed by atoms with Gasteiger partial charge in [0.2, 0.25) is 0 Å². The van der Waals surface area contributed by atoms with Crippen LogP contribution >= 0.6 is 0 Å². The molecule has 2 N–H and O–H groups in total. The second-order valence-electron chi connectivity index (χ2n) is 6.60. The summed E-state index contributed by atoms with van der Waals surface area (Å²) in [5.41, 5.74) is 3.62. The Kier molecular flexibility index (Phi) is 5.42. The molecule has 0 saturated heterocycles. The number of amides is 1. The quantitative estimate of drug-likeness (QED) is 0.505. The van der Waals surface area contributed by atoms with Crippen LogP contribution < -0.4 is 10.6 Å². The largest absolute Gasteiger partial charge is 0.383 e. The topological polar surface area (TPSA) is 66.9 Å². The van der Waals surface area contributed by atoms with Crippen molar-refractivity contribution in [3.8, 4) is 0 Å². The molecule has 0 fully saturated rings.